The Labute approximate surface area is 274 Å². The smallest absolute Gasteiger partial charge is 0.335 e. The number of rotatable bonds is 6. The van der Waals surface area contributed by atoms with E-state index in [-0.39, 0.29) is 10.8 Å². The number of aromatic carboxylic acids is 1. The molecule has 1 aromatic carbocycles. The Bertz CT molecular complexity index is 1360. The molecule has 4 saturated carbocycles. The number of allylic oxidation sites excluding steroid dienone is 2. The van der Waals surface area contributed by atoms with Crippen molar-refractivity contribution in [2.24, 2.45) is 45.3 Å². The highest BCUT2D eigenvalue weighted by Crippen LogP contribution is 2.76. The Hall–Kier alpha value is -1.50. The first-order chi connectivity index (χ1) is 21.3. The Morgan fingerprint density at radius 1 is 0.889 bits per heavy atom. The molecular formula is C39H58N2O3S. The third-order valence-corrected chi connectivity index (χ3v) is 16.8. The minimum atomic E-state index is -0.854. The van der Waals surface area contributed by atoms with Crippen molar-refractivity contribution in [3.63, 3.8) is 0 Å². The van der Waals surface area contributed by atoms with Crippen LogP contribution in [0.15, 0.2) is 30.3 Å². The monoisotopic (exact) mass is 634 g/mol. The van der Waals surface area contributed by atoms with Gasteiger partial charge in [-0.2, -0.15) is 0 Å². The summed E-state index contributed by atoms with van der Waals surface area (Å²) in [5.41, 5.74) is 4.41. The average Bonchev–Trinajstić information content (AvgIpc) is 3.42. The van der Waals surface area contributed by atoms with Crippen LogP contribution in [-0.2, 0) is 10.8 Å². The zero-order chi connectivity index (χ0) is 31.8. The van der Waals surface area contributed by atoms with Gasteiger partial charge in [0.2, 0.25) is 0 Å². The van der Waals surface area contributed by atoms with E-state index in [1.54, 1.807) is 12.1 Å². The summed E-state index contributed by atoms with van der Waals surface area (Å²) >= 11 is 0. The molecule has 5 aliphatic carbocycles. The van der Waals surface area contributed by atoms with Gasteiger partial charge in [-0.3, -0.25) is 4.21 Å². The highest BCUT2D eigenvalue weighted by atomic mass is 32.2. The minimum Gasteiger partial charge on any atom is -0.478 e. The van der Waals surface area contributed by atoms with Crippen molar-refractivity contribution in [2.75, 3.05) is 37.7 Å². The summed E-state index contributed by atoms with van der Waals surface area (Å²) in [4.78, 5) is 14.0. The summed E-state index contributed by atoms with van der Waals surface area (Å²) in [5.74, 6) is 3.83. The van der Waals surface area contributed by atoms with Crippen LogP contribution in [0.25, 0.3) is 5.57 Å². The van der Waals surface area contributed by atoms with Crippen LogP contribution < -0.4 is 5.32 Å². The van der Waals surface area contributed by atoms with Crippen molar-refractivity contribution in [1.29, 1.82) is 0 Å². The molecule has 7 rings (SSSR count). The van der Waals surface area contributed by atoms with Crippen molar-refractivity contribution in [1.82, 2.24) is 10.2 Å². The van der Waals surface area contributed by atoms with Gasteiger partial charge in [0.25, 0.3) is 0 Å². The lowest BCUT2D eigenvalue weighted by atomic mass is 9.33. The van der Waals surface area contributed by atoms with Crippen molar-refractivity contribution in [3.05, 3.63) is 41.5 Å². The summed E-state index contributed by atoms with van der Waals surface area (Å²) in [5, 5.41) is 13.7. The number of nitrogens with one attached hydrogen (secondary N) is 1. The number of fused-ring (bicyclic) bond motifs is 7. The molecule has 1 aliphatic heterocycles. The van der Waals surface area contributed by atoms with Crippen LogP contribution in [0.1, 0.15) is 115 Å². The van der Waals surface area contributed by atoms with Gasteiger partial charge in [0, 0.05) is 54.0 Å². The first kappa shape index (κ1) is 32.1. The Morgan fingerprint density at radius 2 is 1.62 bits per heavy atom. The molecule has 0 amide bonds. The maximum atomic E-state index is 11.9. The van der Waals surface area contributed by atoms with E-state index in [2.05, 4.69) is 50.9 Å². The van der Waals surface area contributed by atoms with Crippen molar-refractivity contribution >= 4 is 22.3 Å². The van der Waals surface area contributed by atoms with Gasteiger partial charge in [0.15, 0.2) is 0 Å². The zero-order valence-electron chi connectivity index (χ0n) is 28.6. The van der Waals surface area contributed by atoms with E-state index in [1.165, 1.54) is 68.9 Å². The fraction of sp³-hybridized carbons (Fsp3) is 0.769. The first-order valence-electron chi connectivity index (χ1n) is 18.2. The normalized spacial score (nSPS) is 43.0. The highest BCUT2D eigenvalue weighted by Gasteiger charge is 2.69. The van der Waals surface area contributed by atoms with Crippen LogP contribution in [0.5, 0.6) is 0 Å². The molecule has 2 N–H and O–H groups in total. The fourth-order valence-electron chi connectivity index (χ4n) is 13.1. The number of carboxylic acids is 1. The predicted molar refractivity (Wildman–Crippen MR) is 185 cm³/mol. The molecule has 5 nitrogen and oxygen atoms in total. The van der Waals surface area contributed by atoms with Crippen molar-refractivity contribution in [3.8, 4) is 0 Å². The number of hydrogen-bond acceptors (Lipinski definition) is 4. The lowest BCUT2D eigenvalue weighted by molar-refractivity contribution is -0.217. The Kier molecular flexibility index (Phi) is 8.05. The second-order valence-corrected chi connectivity index (χ2v) is 19.1. The second kappa shape index (κ2) is 11.3. The quantitative estimate of drug-likeness (QED) is 0.337. The lowest BCUT2D eigenvalue weighted by Gasteiger charge is -2.72. The van der Waals surface area contributed by atoms with Crippen LogP contribution in [0.2, 0.25) is 0 Å². The summed E-state index contributed by atoms with van der Waals surface area (Å²) in [6, 6.07) is 7.63. The molecular weight excluding hydrogens is 577 g/mol. The molecule has 0 bridgehead atoms. The second-order valence-electron chi connectivity index (χ2n) is 17.4. The van der Waals surface area contributed by atoms with Gasteiger partial charge in [-0.05, 0) is 126 Å². The topological polar surface area (TPSA) is 69.6 Å². The van der Waals surface area contributed by atoms with Gasteiger partial charge in [0.05, 0.1) is 5.56 Å². The van der Waals surface area contributed by atoms with Crippen LogP contribution >= 0.6 is 0 Å². The maximum Gasteiger partial charge on any atom is 0.335 e. The summed E-state index contributed by atoms with van der Waals surface area (Å²) < 4.78 is 11.9. The van der Waals surface area contributed by atoms with Gasteiger partial charge in [0.1, 0.15) is 0 Å². The fourth-order valence-corrected chi connectivity index (χ4v) is 14.3. The molecule has 6 heteroatoms. The summed E-state index contributed by atoms with van der Waals surface area (Å²) in [7, 11) is -0.600. The van der Waals surface area contributed by atoms with E-state index in [1.807, 2.05) is 12.1 Å². The van der Waals surface area contributed by atoms with Crippen molar-refractivity contribution in [2.45, 2.75) is 104 Å². The molecule has 1 saturated heterocycles. The standard InChI is InChI=1S/C39H58N2O3S/c1-35(2)29(27-8-10-28(11-9-27)34(42)43)14-17-36(3)32(35)15-18-38(5)33(36)13-12-30-31-7-6-16-39(31,20-19-37(30,38)4)40-21-22-41-23-25-45(44)26-24-41/h8-11,14,30-33,40H,6-7,12-13,15-26H2,1-5H3,(H,42,43)/t30?,31-,32+,33-,36?,37-,38?,39?/m1/s1. The van der Waals surface area contributed by atoms with E-state index in [0.717, 1.165) is 61.9 Å². The number of hydrogen-bond donors (Lipinski definition) is 2. The number of carboxylic acid groups (broad SMARTS) is 1. The average molecular weight is 635 g/mol. The molecule has 1 aromatic rings. The molecule has 0 spiro atoms. The molecule has 8 atom stereocenters. The SMILES string of the molecule is CC1(C)C(c2ccc(C(=O)O)cc2)=CCC2(C)[C@H]3CCC4[C@H]5CCCC5(NCCN5CCS(=O)CC5)CC[C@@]4(C)C3(C)CC[C@@H]12. The predicted octanol–water partition coefficient (Wildman–Crippen LogP) is 7.64. The maximum absolute atomic E-state index is 11.9. The molecule has 0 radical (unpaired) electrons. The molecule has 1 heterocycles. The summed E-state index contributed by atoms with van der Waals surface area (Å²) in [6.07, 6.45) is 15.9. The molecule has 0 aromatic heterocycles. The molecule has 4 unspecified atom stereocenters. The van der Waals surface area contributed by atoms with Gasteiger partial charge in [-0.1, -0.05) is 59.2 Å². The van der Waals surface area contributed by atoms with E-state index < -0.39 is 16.8 Å². The lowest BCUT2D eigenvalue weighted by Crippen LogP contribution is -2.67. The van der Waals surface area contributed by atoms with E-state index >= 15 is 0 Å². The number of carbonyl (C=O) groups is 1. The van der Waals surface area contributed by atoms with Gasteiger partial charge in [-0.25, -0.2) is 4.79 Å². The van der Waals surface area contributed by atoms with Gasteiger partial charge in [-0.15, -0.1) is 0 Å². The molecule has 6 aliphatic rings. The number of nitrogens with zero attached hydrogens (tertiary/aromatic N) is 1. The third kappa shape index (κ3) is 4.88. The van der Waals surface area contributed by atoms with Crippen LogP contribution in [0.3, 0.4) is 0 Å². The molecule has 248 valence electrons. The zero-order valence-corrected chi connectivity index (χ0v) is 29.4. The molecule has 5 fully saturated rings. The van der Waals surface area contributed by atoms with Gasteiger partial charge >= 0.3 is 5.97 Å². The van der Waals surface area contributed by atoms with Crippen LogP contribution in [-0.4, -0.2) is 63.4 Å². The third-order valence-electron chi connectivity index (χ3n) is 15.6. The summed E-state index contributed by atoms with van der Waals surface area (Å²) in [6.45, 7) is 17.3. The highest BCUT2D eigenvalue weighted by molar-refractivity contribution is 7.85. The molecule has 45 heavy (non-hydrogen) atoms. The Balaban J connectivity index is 1.11. The van der Waals surface area contributed by atoms with E-state index in [0.29, 0.717) is 27.9 Å². The minimum absolute atomic E-state index is 0.0529. The first-order valence-corrected chi connectivity index (χ1v) is 19.7. The largest absolute Gasteiger partial charge is 0.478 e. The van der Waals surface area contributed by atoms with E-state index in [4.69, 9.17) is 0 Å². The van der Waals surface area contributed by atoms with E-state index in [9.17, 15) is 14.1 Å². The Morgan fingerprint density at radius 3 is 2.33 bits per heavy atom. The van der Waals surface area contributed by atoms with Crippen LogP contribution in [0.4, 0.5) is 0 Å². The van der Waals surface area contributed by atoms with Gasteiger partial charge < -0.3 is 15.3 Å². The van der Waals surface area contributed by atoms with Crippen LogP contribution in [0, 0.1) is 45.3 Å². The van der Waals surface area contributed by atoms with Crippen molar-refractivity contribution < 1.29 is 14.1 Å². The number of benzene rings is 1.